The largest absolute Gasteiger partial charge is 0.340 e. The van der Waals surface area contributed by atoms with E-state index >= 15 is 0 Å². The van der Waals surface area contributed by atoms with E-state index < -0.39 is 0 Å². The summed E-state index contributed by atoms with van der Waals surface area (Å²) in [4.78, 5) is 30.7. The molecule has 0 saturated carbocycles. The molecule has 23 heavy (non-hydrogen) atoms. The molecule has 2 aliphatic rings. The zero-order valence-corrected chi connectivity index (χ0v) is 13.7. The van der Waals surface area contributed by atoms with Gasteiger partial charge in [-0.3, -0.25) is 9.59 Å². The Kier molecular flexibility index (Phi) is 4.14. The van der Waals surface area contributed by atoms with Gasteiger partial charge in [-0.2, -0.15) is 10.1 Å². The minimum atomic E-state index is -0.173. The second-order valence-electron chi connectivity index (χ2n) is 6.21. The fourth-order valence-corrected chi connectivity index (χ4v) is 3.02. The Hall–Kier alpha value is -2.25. The van der Waals surface area contributed by atoms with E-state index in [-0.39, 0.29) is 23.9 Å². The third kappa shape index (κ3) is 2.97. The summed E-state index contributed by atoms with van der Waals surface area (Å²) in [6, 6.07) is -0.229. The van der Waals surface area contributed by atoms with Crippen LogP contribution >= 0.6 is 0 Å². The fraction of sp³-hybridized carbons (Fsp3) is 0.667. The summed E-state index contributed by atoms with van der Waals surface area (Å²) in [7, 11) is 0. The van der Waals surface area contributed by atoms with Crippen molar-refractivity contribution >= 4 is 17.5 Å². The number of amides is 2. The summed E-state index contributed by atoms with van der Waals surface area (Å²) in [6.45, 7) is 6.14. The lowest BCUT2D eigenvalue weighted by molar-refractivity contribution is -0.133. The Labute approximate surface area is 134 Å². The first-order chi connectivity index (χ1) is 11.0. The second kappa shape index (κ2) is 6.10. The van der Waals surface area contributed by atoms with Crippen molar-refractivity contribution in [2.45, 2.75) is 58.5 Å². The van der Waals surface area contributed by atoms with Crippen molar-refractivity contribution < 1.29 is 14.1 Å². The quantitative estimate of drug-likeness (QED) is 0.840. The van der Waals surface area contributed by atoms with Crippen LogP contribution in [0.1, 0.15) is 57.3 Å². The van der Waals surface area contributed by atoms with E-state index in [0.29, 0.717) is 36.8 Å². The normalized spacial score (nSPS) is 22.0. The highest BCUT2D eigenvalue weighted by Crippen LogP contribution is 2.31. The molecule has 1 aromatic rings. The van der Waals surface area contributed by atoms with Gasteiger partial charge in [0.1, 0.15) is 5.71 Å². The number of hydrazone groups is 1. The SMILES string of the molecule is Cc1nc([C@@H]2CCCN2C(=O)C2=NN(C(C)C)C(=O)CC2)no1. The predicted molar refractivity (Wildman–Crippen MR) is 81.4 cm³/mol. The first-order valence-corrected chi connectivity index (χ1v) is 7.98. The average molecular weight is 319 g/mol. The van der Waals surface area contributed by atoms with Gasteiger partial charge in [0.05, 0.1) is 6.04 Å². The molecule has 0 radical (unpaired) electrons. The molecular weight excluding hydrogens is 298 g/mol. The lowest BCUT2D eigenvalue weighted by atomic mass is 10.1. The monoisotopic (exact) mass is 319 g/mol. The van der Waals surface area contributed by atoms with Crippen LogP contribution < -0.4 is 0 Å². The molecule has 0 spiro atoms. The number of rotatable bonds is 3. The molecule has 0 N–H and O–H groups in total. The second-order valence-corrected chi connectivity index (χ2v) is 6.21. The van der Waals surface area contributed by atoms with Gasteiger partial charge in [-0.25, -0.2) is 5.01 Å². The Morgan fingerprint density at radius 2 is 2.13 bits per heavy atom. The van der Waals surface area contributed by atoms with Gasteiger partial charge in [-0.05, 0) is 26.7 Å². The van der Waals surface area contributed by atoms with E-state index in [1.165, 1.54) is 5.01 Å². The number of nitrogens with zero attached hydrogens (tertiary/aromatic N) is 5. The molecule has 1 fully saturated rings. The number of hydrogen-bond acceptors (Lipinski definition) is 6. The number of carbonyl (C=O) groups excluding carboxylic acids is 2. The Morgan fingerprint density at radius 1 is 1.35 bits per heavy atom. The minimum absolute atomic E-state index is 0.0386. The zero-order chi connectivity index (χ0) is 16.6. The predicted octanol–water partition coefficient (Wildman–Crippen LogP) is 1.43. The Bertz CT molecular complexity index is 651. The molecule has 0 aliphatic carbocycles. The zero-order valence-electron chi connectivity index (χ0n) is 13.7. The molecule has 2 amide bonds. The van der Waals surface area contributed by atoms with Crippen LogP contribution in [0.3, 0.4) is 0 Å². The third-order valence-electron chi connectivity index (χ3n) is 4.15. The first kappa shape index (κ1) is 15.6. The summed E-state index contributed by atoms with van der Waals surface area (Å²) < 4.78 is 5.03. The molecule has 0 unspecified atom stereocenters. The standard InChI is InChI=1S/C15H21N5O3/c1-9(2)20-13(21)7-6-11(17-20)15(22)19-8-4-5-12(19)14-16-10(3)23-18-14/h9,12H,4-8H2,1-3H3/t12-/m0/s1. The summed E-state index contributed by atoms with van der Waals surface area (Å²) in [5.41, 5.74) is 0.436. The number of hydrogen-bond donors (Lipinski definition) is 0. The molecular formula is C15H21N5O3. The van der Waals surface area contributed by atoms with Gasteiger partial charge < -0.3 is 9.42 Å². The molecule has 1 atom stereocenters. The van der Waals surface area contributed by atoms with E-state index in [9.17, 15) is 9.59 Å². The molecule has 8 nitrogen and oxygen atoms in total. The highest BCUT2D eigenvalue weighted by Gasteiger charge is 2.37. The molecule has 3 heterocycles. The maximum Gasteiger partial charge on any atom is 0.270 e. The third-order valence-corrected chi connectivity index (χ3v) is 4.15. The van der Waals surface area contributed by atoms with Crippen molar-refractivity contribution in [2.24, 2.45) is 5.10 Å². The molecule has 0 bridgehead atoms. The van der Waals surface area contributed by atoms with Crippen molar-refractivity contribution in [2.75, 3.05) is 6.54 Å². The Balaban J connectivity index is 1.81. The van der Waals surface area contributed by atoms with E-state index in [1.54, 1.807) is 11.8 Å². The smallest absolute Gasteiger partial charge is 0.270 e. The van der Waals surface area contributed by atoms with Gasteiger partial charge >= 0.3 is 0 Å². The van der Waals surface area contributed by atoms with Crippen molar-refractivity contribution in [1.29, 1.82) is 0 Å². The van der Waals surface area contributed by atoms with Crippen molar-refractivity contribution in [3.05, 3.63) is 11.7 Å². The van der Waals surface area contributed by atoms with Crippen LogP contribution in [0.2, 0.25) is 0 Å². The first-order valence-electron chi connectivity index (χ1n) is 7.98. The van der Waals surface area contributed by atoms with Crippen LogP contribution in [0.25, 0.3) is 0 Å². The minimum Gasteiger partial charge on any atom is -0.340 e. The molecule has 2 aliphatic heterocycles. The van der Waals surface area contributed by atoms with Crippen LogP contribution in [-0.2, 0) is 9.59 Å². The summed E-state index contributed by atoms with van der Waals surface area (Å²) in [5.74, 6) is 0.865. The molecule has 124 valence electrons. The van der Waals surface area contributed by atoms with Crippen LogP contribution in [-0.4, -0.2) is 50.2 Å². The number of aromatic nitrogens is 2. The van der Waals surface area contributed by atoms with E-state index in [4.69, 9.17) is 4.52 Å². The van der Waals surface area contributed by atoms with E-state index in [2.05, 4.69) is 15.2 Å². The maximum absolute atomic E-state index is 12.8. The average Bonchev–Trinajstić information content (AvgIpc) is 3.15. The van der Waals surface area contributed by atoms with Gasteiger partial charge in [0, 0.05) is 32.4 Å². The van der Waals surface area contributed by atoms with Gasteiger partial charge in [-0.15, -0.1) is 0 Å². The number of likely N-dealkylation sites (tertiary alicyclic amines) is 1. The molecule has 3 rings (SSSR count). The van der Waals surface area contributed by atoms with Crippen LogP contribution in [0.4, 0.5) is 0 Å². The topological polar surface area (TPSA) is 91.9 Å². The highest BCUT2D eigenvalue weighted by atomic mass is 16.5. The van der Waals surface area contributed by atoms with Crippen molar-refractivity contribution in [3.63, 3.8) is 0 Å². The lowest BCUT2D eigenvalue weighted by Gasteiger charge is -2.29. The Morgan fingerprint density at radius 3 is 2.78 bits per heavy atom. The van der Waals surface area contributed by atoms with Gasteiger partial charge in [0.25, 0.3) is 5.91 Å². The van der Waals surface area contributed by atoms with Crippen LogP contribution in [0, 0.1) is 6.92 Å². The van der Waals surface area contributed by atoms with Gasteiger partial charge in [0.2, 0.25) is 11.8 Å². The van der Waals surface area contributed by atoms with Gasteiger partial charge in [0.15, 0.2) is 5.82 Å². The van der Waals surface area contributed by atoms with E-state index in [1.807, 2.05) is 13.8 Å². The maximum atomic E-state index is 12.8. The summed E-state index contributed by atoms with van der Waals surface area (Å²) in [6.07, 6.45) is 2.41. The van der Waals surface area contributed by atoms with Crippen molar-refractivity contribution in [3.8, 4) is 0 Å². The summed E-state index contributed by atoms with van der Waals surface area (Å²) >= 11 is 0. The van der Waals surface area contributed by atoms with Crippen LogP contribution in [0.5, 0.6) is 0 Å². The fourth-order valence-electron chi connectivity index (χ4n) is 3.02. The van der Waals surface area contributed by atoms with E-state index in [0.717, 1.165) is 12.8 Å². The highest BCUT2D eigenvalue weighted by molar-refractivity contribution is 6.39. The molecule has 1 aromatic heterocycles. The number of aryl methyl sites for hydroxylation is 1. The van der Waals surface area contributed by atoms with Gasteiger partial charge in [-0.1, -0.05) is 5.16 Å². The van der Waals surface area contributed by atoms with Crippen molar-refractivity contribution in [1.82, 2.24) is 20.0 Å². The molecule has 8 heteroatoms. The lowest BCUT2D eigenvalue weighted by Crippen LogP contribution is -2.43. The summed E-state index contributed by atoms with van der Waals surface area (Å²) in [5, 5.41) is 9.63. The molecule has 0 aromatic carbocycles. The number of carbonyl (C=O) groups is 2. The molecule has 1 saturated heterocycles. The van der Waals surface area contributed by atoms with Crippen LogP contribution in [0.15, 0.2) is 9.62 Å².